The fraction of sp³-hybridized carbons (Fsp3) is 0. The number of carbonyl (C=O) groups excluding carboxylic acids is 2. The van der Waals surface area contributed by atoms with Crippen LogP contribution in [-0.4, -0.2) is 16.9 Å². The second kappa shape index (κ2) is 9.34. The Morgan fingerprint density at radius 2 is 1.61 bits per heavy atom. The van der Waals surface area contributed by atoms with Crippen LogP contribution in [0.15, 0.2) is 72.9 Å². The topological polar surface area (TPSA) is 98.1 Å². The van der Waals surface area contributed by atoms with Crippen molar-refractivity contribution in [2.75, 3.05) is 21.3 Å². The third kappa shape index (κ3) is 4.64. The Balaban J connectivity index is 1.29. The zero-order chi connectivity index (χ0) is 25.2. The van der Waals surface area contributed by atoms with Crippen molar-refractivity contribution < 1.29 is 22.8 Å². The van der Waals surface area contributed by atoms with E-state index in [4.69, 9.17) is 0 Å². The first-order valence-electron chi connectivity index (χ1n) is 10.8. The number of fused-ring (bicyclic) bond motifs is 1. The summed E-state index contributed by atoms with van der Waals surface area (Å²) in [4.78, 5) is 27.7. The van der Waals surface area contributed by atoms with E-state index in [9.17, 15) is 22.8 Å². The number of aromatic amines is 1. The number of benzene rings is 3. The van der Waals surface area contributed by atoms with Crippen LogP contribution in [0.5, 0.6) is 0 Å². The predicted molar refractivity (Wildman–Crippen MR) is 132 cm³/mol. The Hall–Kier alpha value is -4.99. The summed E-state index contributed by atoms with van der Waals surface area (Å²) in [6.07, 6.45) is 3.55. The van der Waals surface area contributed by atoms with Gasteiger partial charge in [0, 0.05) is 34.5 Å². The molecule has 1 aromatic heterocycles. The van der Waals surface area contributed by atoms with Crippen molar-refractivity contribution >= 4 is 52.0 Å². The highest BCUT2D eigenvalue weighted by molar-refractivity contribution is 6.35. The highest BCUT2D eigenvalue weighted by atomic mass is 19.2. The van der Waals surface area contributed by atoms with Crippen LogP contribution in [0.4, 0.5) is 46.4 Å². The van der Waals surface area contributed by atoms with E-state index in [1.807, 2.05) is 29.6 Å². The summed E-state index contributed by atoms with van der Waals surface area (Å²) in [5.41, 5.74) is 3.49. The fourth-order valence-electron chi connectivity index (χ4n) is 3.76. The standard InChI is InChI=1S/C26H18F3N5O2/c27-20-8-9-21(28)24(23(20)29)34-26(36)32-16-4-1-3-15(11-16)31-17-6-7-18-19(12-14-5-2-10-30-14)25(35)33-22(18)13-17/h1-13,30-31H,(H,33,35)(H2,32,34,36). The van der Waals surface area contributed by atoms with Crippen molar-refractivity contribution in [2.24, 2.45) is 0 Å². The lowest BCUT2D eigenvalue weighted by molar-refractivity contribution is -0.110. The second-order valence-corrected chi connectivity index (χ2v) is 7.90. The van der Waals surface area contributed by atoms with Crippen molar-refractivity contribution in [1.29, 1.82) is 0 Å². The van der Waals surface area contributed by atoms with Gasteiger partial charge in [-0.05, 0) is 60.7 Å². The first kappa shape index (κ1) is 22.8. The Morgan fingerprint density at radius 3 is 2.42 bits per heavy atom. The Bertz CT molecular complexity index is 1520. The van der Waals surface area contributed by atoms with Crippen LogP contribution < -0.4 is 21.3 Å². The maximum absolute atomic E-state index is 13.8. The molecule has 36 heavy (non-hydrogen) atoms. The molecule has 1 aliphatic heterocycles. The minimum Gasteiger partial charge on any atom is -0.362 e. The van der Waals surface area contributed by atoms with E-state index < -0.39 is 29.2 Å². The number of carbonyl (C=O) groups is 2. The molecule has 2 heterocycles. The van der Waals surface area contributed by atoms with E-state index in [0.717, 1.165) is 17.3 Å². The molecule has 0 saturated carbocycles. The molecule has 0 spiro atoms. The summed E-state index contributed by atoms with van der Waals surface area (Å²) >= 11 is 0. The van der Waals surface area contributed by atoms with Gasteiger partial charge in [0.2, 0.25) is 0 Å². The molecule has 5 N–H and O–H groups in total. The predicted octanol–water partition coefficient (Wildman–Crippen LogP) is 6.31. The van der Waals surface area contributed by atoms with Gasteiger partial charge in [-0.1, -0.05) is 12.1 Å². The molecular formula is C26H18F3N5O2. The first-order valence-corrected chi connectivity index (χ1v) is 10.8. The van der Waals surface area contributed by atoms with Gasteiger partial charge in [-0.3, -0.25) is 4.79 Å². The van der Waals surface area contributed by atoms with Gasteiger partial charge in [-0.2, -0.15) is 0 Å². The fourth-order valence-corrected chi connectivity index (χ4v) is 3.76. The summed E-state index contributed by atoms with van der Waals surface area (Å²) < 4.78 is 40.9. The summed E-state index contributed by atoms with van der Waals surface area (Å²) in [5.74, 6) is -4.08. The molecule has 10 heteroatoms. The summed E-state index contributed by atoms with van der Waals surface area (Å²) in [7, 11) is 0. The van der Waals surface area contributed by atoms with Crippen LogP contribution in [-0.2, 0) is 4.79 Å². The lowest BCUT2D eigenvalue weighted by Gasteiger charge is -2.12. The van der Waals surface area contributed by atoms with Crippen molar-refractivity contribution in [2.45, 2.75) is 0 Å². The normalized spacial score (nSPS) is 13.3. The summed E-state index contributed by atoms with van der Waals surface area (Å²) in [5, 5.41) is 10.5. The second-order valence-electron chi connectivity index (χ2n) is 7.90. The third-order valence-electron chi connectivity index (χ3n) is 5.42. The highest BCUT2D eigenvalue weighted by Gasteiger charge is 2.24. The molecule has 0 atom stereocenters. The van der Waals surface area contributed by atoms with Crippen LogP contribution in [0.1, 0.15) is 11.3 Å². The molecule has 0 aliphatic carbocycles. The molecule has 3 aromatic carbocycles. The zero-order valence-electron chi connectivity index (χ0n) is 18.5. The number of amides is 3. The Morgan fingerprint density at radius 1 is 0.833 bits per heavy atom. The number of hydrogen-bond acceptors (Lipinski definition) is 3. The number of anilines is 5. The van der Waals surface area contributed by atoms with E-state index in [1.165, 1.54) is 0 Å². The monoisotopic (exact) mass is 489 g/mol. The molecule has 7 nitrogen and oxygen atoms in total. The Labute approximate surface area is 203 Å². The summed E-state index contributed by atoms with van der Waals surface area (Å²) in [6.45, 7) is 0. The number of nitrogens with one attached hydrogen (secondary N) is 5. The van der Waals surface area contributed by atoms with E-state index in [2.05, 4.69) is 20.9 Å². The van der Waals surface area contributed by atoms with Gasteiger partial charge in [-0.15, -0.1) is 0 Å². The highest BCUT2D eigenvalue weighted by Crippen LogP contribution is 2.35. The molecule has 180 valence electrons. The van der Waals surface area contributed by atoms with Gasteiger partial charge < -0.3 is 26.3 Å². The molecular weight excluding hydrogens is 471 g/mol. The molecule has 0 bridgehead atoms. The minimum absolute atomic E-state index is 0.208. The van der Waals surface area contributed by atoms with Gasteiger partial charge in [0.15, 0.2) is 11.6 Å². The van der Waals surface area contributed by atoms with Crippen LogP contribution in [0.25, 0.3) is 11.6 Å². The van der Waals surface area contributed by atoms with Crippen LogP contribution in [0.2, 0.25) is 0 Å². The van der Waals surface area contributed by atoms with Crippen molar-refractivity contribution in [1.82, 2.24) is 4.98 Å². The number of hydrogen-bond donors (Lipinski definition) is 5. The maximum Gasteiger partial charge on any atom is 0.323 e. The third-order valence-corrected chi connectivity index (χ3v) is 5.42. The van der Waals surface area contributed by atoms with E-state index in [1.54, 1.807) is 42.6 Å². The maximum atomic E-state index is 13.8. The zero-order valence-corrected chi connectivity index (χ0v) is 18.5. The van der Waals surface area contributed by atoms with Gasteiger partial charge in [0.25, 0.3) is 5.91 Å². The Kier molecular flexibility index (Phi) is 5.91. The first-order chi connectivity index (χ1) is 17.4. The number of halogens is 3. The van der Waals surface area contributed by atoms with Gasteiger partial charge in [-0.25, -0.2) is 18.0 Å². The quantitative estimate of drug-likeness (QED) is 0.168. The number of H-pyrrole nitrogens is 1. The van der Waals surface area contributed by atoms with Crippen molar-refractivity contribution in [3.8, 4) is 0 Å². The van der Waals surface area contributed by atoms with Crippen LogP contribution >= 0.6 is 0 Å². The molecule has 4 aromatic rings. The SMILES string of the molecule is O=C(Nc1cccc(Nc2ccc3c(c2)NC(=O)C3=Cc2ccc[nH]2)c1)Nc1c(F)ccc(F)c1F. The molecule has 0 saturated heterocycles. The molecule has 0 unspecified atom stereocenters. The van der Waals surface area contributed by atoms with Gasteiger partial charge >= 0.3 is 6.03 Å². The summed E-state index contributed by atoms with van der Waals surface area (Å²) in [6, 6.07) is 16.1. The van der Waals surface area contributed by atoms with Crippen molar-refractivity contribution in [3.05, 3.63) is 102 Å². The van der Waals surface area contributed by atoms with Gasteiger partial charge in [0.1, 0.15) is 11.5 Å². The van der Waals surface area contributed by atoms with Gasteiger partial charge in [0.05, 0.1) is 11.3 Å². The van der Waals surface area contributed by atoms with Crippen molar-refractivity contribution in [3.63, 3.8) is 0 Å². The number of rotatable bonds is 5. The molecule has 1 aliphatic rings. The minimum atomic E-state index is -1.49. The number of urea groups is 1. The lowest BCUT2D eigenvalue weighted by Crippen LogP contribution is -2.21. The van der Waals surface area contributed by atoms with Crippen LogP contribution in [0.3, 0.4) is 0 Å². The number of aromatic nitrogens is 1. The largest absolute Gasteiger partial charge is 0.362 e. The van der Waals surface area contributed by atoms with Crippen LogP contribution in [0, 0.1) is 17.5 Å². The molecule has 0 radical (unpaired) electrons. The molecule has 3 amide bonds. The average molecular weight is 489 g/mol. The molecule has 5 rings (SSSR count). The molecule has 0 fully saturated rings. The smallest absolute Gasteiger partial charge is 0.323 e. The lowest BCUT2D eigenvalue weighted by atomic mass is 10.1. The van der Waals surface area contributed by atoms with E-state index in [-0.39, 0.29) is 5.91 Å². The average Bonchev–Trinajstić information content (AvgIpc) is 3.47. The van der Waals surface area contributed by atoms with E-state index in [0.29, 0.717) is 34.4 Å². The van der Waals surface area contributed by atoms with E-state index >= 15 is 0 Å².